The van der Waals surface area contributed by atoms with Gasteiger partial charge in [0.2, 0.25) is 0 Å². The first-order chi connectivity index (χ1) is 9.51. The minimum Gasteiger partial charge on any atom is -0.322 e. The van der Waals surface area contributed by atoms with Crippen LogP contribution < -0.4 is 16.6 Å². The summed E-state index contributed by atoms with van der Waals surface area (Å²) >= 11 is 6.67. The molecule has 0 spiro atoms. The minimum atomic E-state index is -0.284. The van der Waals surface area contributed by atoms with Crippen molar-refractivity contribution >= 4 is 49.3 Å². The highest BCUT2D eigenvalue weighted by Crippen LogP contribution is 2.23. The lowest BCUT2D eigenvalue weighted by Gasteiger charge is -2.11. The van der Waals surface area contributed by atoms with Crippen molar-refractivity contribution < 1.29 is 4.79 Å². The van der Waals surface area contributed by atoms with E-state index >= 15 is 0 Å². The van der Waals surface area contributed by atoms with Crippen LogP contribution in [0, 0.1) is 6.92 Å². The average molecular weight is 400 g/mol. The molecule has 104 valence electrons. The normalized spacial score (nSPS) is 10.2. The summed E-state index contributed by atoms with van der Waals surface area (Å²) in [5, 5.41) is 2.84. The number of carbonyl (C=O) groups is 1. The Balaban J connectivity index is 2.32. The Bertz CT molecular complexity index is 661. The number of nitrogens with two attached hydrogens (primary N) is 1. The number of aromatic nitrogens is 1. The predicted octanol–water partition coefficient (Wildman–Crippen LogP) is 3.45. The zero-order valence-corrected chi connectivity index (χ0v) is 13.7. The summed E-state index contributed by atoms with van der Waals surface area (Å²) in [5.74, 6) is 5.40. The molecule has 1 heterocycles. The summed E-state index contributed by atoms with van der Waals surface area (Å²) in [6.45, 7) is 1.92. The molecule has 5 nitrogen and oxygen atoms in total. The van der Waals surface area contributed by atoms with E-state index in [1.807, 2.05) is 25.1 Å². The molecule has 0 bridgehead atoms. The molecule has 4 N–H and O–H groups in total. The quantitative estimate of drug-likeness (QED) is 0.545. The molecule has 1 aromatic carbocycles. The molecule has 7 heteroatoms. The van der Waals surface area contributed by atoms with Crippen LogP contribution in [0.1, 0.15) is 15.9 Å². The number of nitrogens with zero attached hydrogens (tertiary/aromatic N) is 1. The van der Waals surface area contributed by atoms with Gasteiger partial charge < -0.3 is 10.7 Å². The number of carbonyl (C=O) groups excluding carboxylic acids is 1. The van der Waals surface area contributed by atoms with E-state index in [9.17, 15) is 4.79 Å². The summed E-state index contributed by atoms with van der Waals surface area (Å²) in [6, 6.07) is 7.33. The topological polar surface area (TPSA) is 80.0 Å². The third-order valence-corrected chi connectivity index (χ3v) is 3.61. The summed E-state index contributed by atoms with van der Waals surface area (Å²) in [7, 11) is 0. The monoisotopic (exact) mass is 398 g/mol. The molecule has 0 saturated heterocycles. The molecule has 1 amide bonds. The van der Waals surface area contributed by atoms with E-state index in [-0.39, 0.29) is 5.91 Å². The van der Waals surface area contributed by atoms with Gasteiger partial charge in [0, 0.05) is 20.8 Å². The maximum Gasteiger partial charge on any atom is 0.259 e. The Kier molecular flexibility index (Phi) is 4.74. The number of nitrogen functional groups attached to an aromatic ring is 1. The zero-order chi connectivity index (χ0) is 14.7. The molecule has 0 atom stereocenters. The van der Waals surface area contributed by atoms with Gasteiger partial charge >= 0.3 is 0 Å². The second kappa shape index (κ2) is 6.34. The predicted molar refractivity (Wildman–Crippen MR) is 86.6 cm³/mol. The van der Waals surface area contributed by atoms with Crippen molar-refractivity contribution in [2.75, 3.05) is 10.7 Å². The first-order valence-electron chi connectivity index (χ1n) is 5.71. The fourth-order valence-corrected chi connectivity index (χ4v) is 2.34. The van der Waals surface area contributed by atoms with E-state index in [1.54, 1.807) is 12.3 Å². The fraction of sp³-hybridized carbons (Fsp3) is 0.0769. The molecule has 20 heavy (non-hydrogen) atoms. The lowest BCUT2D eigenvalue weighted by atomic mass is 10.2. The molecular weight excluding hydrogens is 388 g/mol. The van der Waals surface area contributed by atoms with Crippen LogP contribution in [-0.4, -0.2) is 10.9 Å². The number of benzene rings is 1. The van der Waals surface area contributed by atoms with Gasteiger partial charge in [0.25, 0.3) is 5.91 Å². The van der Waals surface area contributed by atoms with Crippen LogP contribution in [-0.2, 0) is 0 Å². The highest BCUT2D eigenvalue weighted by molar-refractivity contribution is 9.10. The van der Waals surface area contributed by atoms with Crippen LogP contribution in [0.5, 0.6) is 0 Å². The summed E-state index contributed by atoms with van der Waals surface area (Å²) in [4.78, 5) is 16.4. The molecule has 2 rings (SSSR count). The standard InChI is InChI=1S/C13H12Br2N4O/c1-7-2-3-8(14)5-11(7)18-13(20)10-4-9(15)6-17-12(10)19-16/h2-6H,16H2,1H3,(H,17,19)(H,18,20). The van der Waals surface area contributed by atoms with E-state index in [0.29, 0.717) is 15.9 Å². The first kappa shape index (κ1) is 15.0. The van der Waals surface area contributed by atoms with Gasteiger partial charge in [0.05, 0.1) is 5.56 Å². The average Bonchev–Trinajstić information content (AvgIpc) is 2.42. The third kappa shape index (κ3) is 3.36. The minimum absolute atomic E-state index is 0.284. The van der Waals surface area contributed by atoms with Crippen LogP contribution in [0.4, 0.5) is 11.5 Å². The van der Waals surface area contributed by atoms with Gasteiger partial charge in [0.15, 0.2) is 5.82 Å². The number of hydrazine groups is 1. The summed E-state index contributed by atoms with van der Waals surface area (Å²) < 4.78 is 1.59. The second-order valence-electron chi connectivity index (χ2n) is 4.11. The van der Waals surface area contributed by atoms with Crippen molar-refractivity contribution in [1.82, 2.24) is 4.98 Å². The van der Waals surface area contributed by atoms with E-state index in [2.05, 4.69) is 47.6 Å². The van der Waals surface area contributed by atoms with Gasteiger partial charge in [-0.25, -0.2) is 10.8 Å². The number of pyridine rings is 1. The summed E-state index contributed by atoms with van der Waals surface area (Å²) in [6.07, 6.45) is 1.57. The van der Waals surface area contributed by atoms with Crippen LogP contribution in [0.3, 0.4) is 0 Å². The number of anilines is 2. The zero-order valence-electron chi connectivity index (χ0n) is 10.6. The Labute approximate surface area is 133 Å². The maximum absolute atomic E-state index is 12.3. The fourth-order valence-electron chi connectivity index (χ4n) is 1.65. The Morgan fingerprint density at radius 2 is 2.00 bits per heavy atom. The SMILES string of the molecule is Cc1ccc(Br)cc1NC(=O)c1cc(Br)cnc1NN. The first-order valence-corrected chi connectivity index (χ1v) is 7.29. The van der Waals surface area contributed by atoms with Gasteiger partial charge in [-0.05, 0) is 46.6 Å². The van der Waals surface area contributed by atoms with Crippen LogP contribution >= 0.6 is 31.9 Å². The summed E-state index contributed by atoms with van der Waals surface area (Å²) in [5.41, 5.74) is 4.47. The second-order valence-corrected chi connectivity index (χ2v) is 5.94. The Hall–Kier alpha value is -1.44. The van der Waals surface area contributed by atoms with E-state index in [4.69, 9.17) is 5.84 Å². The molecule has 0 fully saturated rings. The molecule has 0 radical (unpaired) electrons. The highest BCUT2D eigenvalue weighted by Gasteiger charge is 2.14. The third-order valence-electron chi connectivity index (χ3n) is 2.68. The van der Waals surface area contributed by atoms with E-state index < -0.39 is 0 Å². The van der Waals surface area contributed by atoms with Gasteiger partial charge in [-0.3, -0.25) is 4.79 Å². The van der Waals surface area contributed by atoms with Crippen molar-refractivity contribution in [1.29, 1.82) is 0 Å². The molecule has 0 saturated carbocycles. The number of aryl methyl sites for hydroxylation is 1. The van der Waals surface area contributed by atoms with Gasteiger partial charge in [-0.2, -0.15) is 0 Å². The number of rotatable bonds is 3. The Morgan fingerprint density at radius 1 is 1.25 bits per heavy atom. The van der Waals surface area contributed by atoms with Crippen molar-refractivity contribution in [2.45, 2.75) is 6.92 Å². The molecule has 0 aliphatic carbocycles. The van der Waals surface area contributed by atoms with Gasteiger partial charge in [-0.15, -0.1) is 0 Å². The molecular formula is C13H12Br2N4O. The molecule has 0 aliphatic heterocycles. The van der Waals surface area contributed by atoms with Gasteiger partial charge in [0.1, 0.15) is 0 Å². The molecule has 1 aromatic heterocycles. The van der Waals surface area contributed by atoms with Crippen molar-refractivity contribution in [3.63, 3.8) is 0 Å². The largest absolute Gasteiger partial charge is 0.322 e. The Morgan fingerprint density at radius 3 is 2.70 bits per heavy atom. The number of hydrogen-bond acceptors (Lipinski definition) is 4. The van der Waals surface area contributed by atoms with Crippen LogP contribution in [0.15, 0.2) is 39.4 Å². The van der Waals surface area contributed by atoms with Crippen molar-refractivity contribution in [3.8, 4) is 0 Å². The lowest BCUT2D eigenvalue weighted by molar-refractivity contribution is 0.102. The maximum atomic E-state index is 12.3. The smallest absolute Gasteiger partial charge is 0.259 e. The number of halogens is 2. The number of hydrogen-bond donors (Lipinski definition) is 3. The van der Waals surface area contributed by atoms with Crippen molar-refractivity contribution in [3.05, 3.63) is 50.5 Å². The van der Waals surface area contributed by atoms with Crippen molar-refractivity contribution in [2.24, 2.45) is 5.84 Å². The molecule has 0 unspecified atom stereocenters. The molecule has 0 aliphatic rings. The molecule has 2 aromatic rings. The van der Waals surface area contributed by atoms with E-state index in [1.165, 1.54) is 0 Å². The van der Waals surface area contributed by atoms with E-state index in [0.717, 1.165) is 15.7 Å². The highest BCUT2D eigenvalue weighted by atomic mass is 79.9. The van der Waals surface area contributed by atoms with Crippen LogP contribution in [0.2, 0.25) is 0 Å². The lowest BCUT2D eigenvalue weighted by Crippen LogP contribution is -2.18. The number of amides is 1. The number of nitrogens with one attached hydrogen (secondary N) is 2. The van der Waals surface area contributed by atoms with Gasteiger partial charge in [-0.1, -0.05) is 22.0 Å². The van der Waals surface area contributed by atoms with Crippen LogP contribution in [0.25, 0.3) is 0 Å².